The molecule has 2 heterocycles. The van der Waals surface area contributed by atoms with Crippen molar-refractivity contribution in [3.05, 3.63) is 45.4 Å². The zero-order valence-corrected chi connectivity index (χ0v) is 15.9. The lowest BCUT2D eigenvalue weighted by Gasteiger charge is -2.14. The van der Waals surface area contributed by atoms with Crippen molar-refractivity contribution < 1.29 is 14.7 Å². The van der Waals surface area contributed by atoms with Gasteiger partial charge >= 0.3 is 5.97 Å². The van der Waals surface area contributed by atoms with Crippen molar-refractivity contribution in [2.45, 2.75) is 40.3 Å². The first-order valence-corrected chi connectivity index (χ1v) is 8.57. The van der Waals surface area contributed by atoms with E-state index in [2.05, 4.69) is 20.4 Å². The fourth-order valence-corrected chi connectivity index (χ4v) is 2.81. The number of anilines is 1. The maximum Gasteiger partial charge on any atom is 0.325 e. The molecule has 1 aromatic heterocycles. The van der Waals surface area contributed by atoms with Crippen molar-refractivity contribution in [1.82, 2.24) is 9.78 Å². The van der Waals surface area contributed by atoms with Crippen molar-refractivity contribution >= 4 is 29.0 Å². The van der Waals surface area contributed by atoms with Gasteiger partial charge in [0, 0.05) is 0 Å². The van der Waals surface area contributed by atoms with Gasteiger partial charge in [0.25, 0.3) is 11.5 Å². The second-order valence-electron chi connectivity index (χ2n) is 6.65. The highest BCUT2D eigenvalue weighted by Crippen LogP contribution is 2.25. The predicted molar refractivity (Wildman–Crippen MR) is 102 cm³/mol. The van der Waals surface area contributed by atoms with Gasteiger partial charge in [0.05, 0.1) is 17.1 Å². The molecule has 1 aliphatic heterocycles. The zero-order valence-electron chi connectivity index (χ0n) is 15.9. The zero-order chi connectivity index (χ0) is 20.6. The molecule has 2 aromatic rings. The molecule has 1 atom stereocenters. The fraction of sp³-hybridized carbons (Fsp3) is 0.333. The number of nitrogens with one attached hydrogen (secondary N) is 1. The molecule has 1 aromatic carbocycles. The van der Waals surface area contributed by atoms with E-state index in [0.29, 0.717) is 17.1 Å². The molecule has 0 saturated heterocycles. The lowest BCUT2D eigenvalue weighted by Crippen LogP contribution is -2.29. The number of aryl methyl sites for hydroxylation is 3. The van der Waals surface area contributed by atoms with Crippen LogP contribution in [0.15, 0.2) is 38.3 Å². The Hall–Kier alpha value is -3.56. The van der Waals surface area contributed by atoms with Gasteiger partial charge in [-0.25, -0.2) is 4.68 Å². The van der Waals surface area contributed by atoms with E-state index >= 15 is 0 Å². The van der Waals surface area contributed by atoms with Gasteiger partial charge < -0.3 is 5.11 Å². The number of aromatic amines is 1. The number of rotatable bonds is 5. The average molecular weight is 384 g/mol. The number of hydrogen-bond donors (Lipinski definition) is 2. The lowest BCUT2D eigenvalue weighted by molar-refractivity contribution is -0.138. The summed E-state index contributed by atoms with van der Waals surface area (Å²) in [7, 11) is 0. The van der Waals surface area contributed by atoms with Crippen molar-refractivity contribution in [2.75, 3.05) is 5.01 Å². The molecule has 0 aliphatic carbocycles. The van der Waals surface area contributed by atoms with Gasteiger partial charge in [-0.1, -0.05) is 6.07 Å². The number of H-pyrrole nitrogens is 1. The van der Waals surface area contributed by atoms with Crippen LogP contribution in [0.1, 0.15) is 23.7 Å². The molecule has 0 bridgehead atoms. The van der Waals surface area contributed by atoms with Crippen molar-refractivity contribution in [3.63, 3.8) is 0 Å². The van der Waals surface area contributed by atoms with Crippen LogP contribution in [0, 0.1) is 20.8 Å². The number of carboxylic acid groups (broad SMARTS) is 1. The summed E-state index contributed by atoms with van der Waals surface area (Å²) in [4.78, 5) is 35.8. The molecule has 1 amide bonds. The number of benzene rings is 1. The van der Waals surface area contributed by atoms with E-state index in [0.717, 1.165) is 15.8 Å². The molecule has 0 fully saturated rings. The van der Waals surface area contributed by atoms with Gasteiger partial charge in [-0.3, -0.25) is 19.5 Å². The summed E-state index contributed by atoms with van der Waals surface area (Å²) >= 11 is 0. The van der Waals surface area contributed by atoms with Crippen LogP contribution >= 0.6 is 0 Å². The third kappa shape index (κ3) is 3.48. The van der Waals surface area contributed by atoms with Crippen molar-refractivity contribution in [2.24, 2.45) is 15.3 Å². The number of carboxylic acids is 1. The molecule has 0 saturated carbocycles. The predicted octanol–water partition coefficient (Wildman–Crippen LogP) is 2.06. The second-order valence-corrected chi connectivity index (χ2v) is 6.65. The number of carbonyl (C=O) groups excluding carboxylic acids is 1. The minimum absolute atomic E-state index is 0.0357. The summed E-state index contributed by atoms with van der Waals surface area (Å²) in [6.45, 7) is 6.65. The summed E-state index contributed by atoms with van der Waals surface area (Å²) in [5.41, 5.74) is 2.93. The van der Waals surface area contributed by atoms with Gasteiger partial charge in [-0.05, 0) is 51.0 Å². The standard InChI is InChI=1S/C18H20N6O4/c1-9-5-6-13(7-10(9)2)24-18(28)16(12(4)22-24)20-19-15-11(3)21-23(17(15)27)8-14(25)26/h5-7,16,21H,8H2,1-4H3,(H,25,26). The molecule has 28 heavy (non-hydrogen) atoms. The Kier molecular flexibility index (Phi) is 4.95. The number of nitrogens with zero attached hydrogens (tertiary/aromatic N) is 5. The fourth-order valence-electron chi connectivity index (χ4n) is 2.81. The van der Waals surface area contributed by atoms with Gasteiger partial charge in [-0.15, -0.1) is 5.11 Å². The Morgan fingerprint density at radius 3 is 2.57 bits per heavy atom. The normalized spacial score (nSPS) is 16.9. The second kappa shape index (κ2) is 7.22. The maximum absolute atomic E-state index is 12.7. The smallest absolute Gasteiger partial charge is 0.325 e. The Morgan fingerprint density at radius 1 is 1.21 bits per heavy atom. The molecule has 10 nitrogen and oxygen atoms in total. The van der Waals surface area contributed by atoms with Gasteiger partial charge in [0.15, 0.2) is 11.7 Å². The van der Waals surface area contributed by atoms with Crippen molar-refractivity contribution in [1.29, 1.82) is 0 Å². The Bertz CT molecular complexity index is 1080. The molecule has 0 radical (unpaired) electrons. The highest BCUT2D eigenvalue weighted by Gasteiger charge is 2.35. The first-order chi connectivity index (χ1) is 13.2. The molecule has 146 valence electrons. The van der Waals surface area contributed by atoms with Gasteiger partial charge in [0.2, 0.25) is 0 Å². The minimum atomic E-state index is -1.16. The van der Waals surface area contributed by atoms with E-state index in [1.165, 1.54) is 5.01 Å². The summed E-state index contributed by atoms with van der Waals surface area (Å²) in [6.07, 6.45) is 0. The summed E-state index contributed by atoms with van der Waals surface area (Å²) in [5, 5.41) is 24.9. The largest absolute Gasteiger partial charge is 0.480 e. The van der Waals surface area contributed by atoms with E-state index in [-0.39, 0.29) is 11.6 Å². The summed E-state index contributed by atoms with van der Waals surface area (Å²) in [6, 6.07) is 4.64. The summed E-state index contributed by atoms with van der Waals surface area (Å²) in [5.74, 6) is -1.53. The molecule has 2 N–H and O–H groups in total. The molecule has 10 heteroatoms. The molecular formula is C18H20N6O4. The van der Waals surface area contributed by atoms with E-state index in [4.69, 9.17) is 5.11 Å². The Morgan fingerprint density at radius 2 is 1.93 bits per heavy atom. The monoisotopic (exact) mass is 384 g/mol. The van der Waals surface area contributed by atoms with Gasteiger partial charge in [-0.2, -0.15) is 15.2 Å². The van der Waals surface area contributed by atoms with Crippen molar-refractivity contribution in [3.8, 4) is 0 Å². The van der Waals surface area contributed by atoms with Crippen LogP contribution in [0.5, 0.6) is 0 Å². The first kappa shape index (κ1) is 19.2. The highest BCUT2D eigenvalue weighted by atomic mass is 16.4. The van der Waals surface area contributed by atoms with E-state index in [1.54, 1.807) is 19.9 Å². The van der Waals surface area contributed by atoms with Crippen LogP contribution in [0.2, 0.25) is 0 Å². The molecular weight excluding hydrogens is 364 g/mol. The van der Waals surface area contributed by atoms with Crippen LogP contribution in [-0.2, 0) is 16.1 Å². The number of azo groups is 1. The van der Waals surface area contributed by atoms with E-state index < -0.39 is 24.1 Å². The maximum atomic E-state index is 12.7. The average Bonchev–Trinajstić information content (AvgIpc) is 3.04. The number of aromatic nitrogens is 2. The number of hydrazone groups is 1. The minimum Gasteiger partial charge on any atom is -0.480 e. The van der Waals surface area contributed by atoms with Crippen LogP contribution < -0.4 is 10.6 Å². The summed E-state index contributed by atoms with van der Waals surface area (Å²) < 4.78 is 0.921. The molecule has 1 unspecified atom stereocenters. The number of carbonyl (C=O) groups is 2. The Balaban J connectivity index is 1.86. The molecule has 0 spiro atoms. The van der Waals surface area contributed by atoms with Crippen LogP contribution in [0.4, 0.5) is 11.4 Å². The van der Waals surface area contributed by atoms with E-state index in [1.807, 2.05) is 26.0 Å². The van der Waals surface area contributed by atoms with Crippen LogP contribution in [0.3, 0.4) is 0 Å². The van der Waals surface area contributed by atoms with Crippen LogP contribution in [-0.4, -0.2) is 38.5 Å². The topological polar surface area (TPSA) is 132 Å². The van der Waals surface area contributed by atoms with Gasteiger partial charge in [0.1, 0.15) is 6.54 Å². The number of aliphatic carboxylic acids is 1. The first-order valence-electron chi connectivity index (χ1n) is 8.57. The Labute approximate surface area is 160 Å². The quantitative estimate of drug-likeness (QED) is 0.763. The third-order valence-corrected chi connectivity index (χ3v) is 4.50. The van der Waals surface area contributed by atoms with E-state index in [9.17, 15) is 14.4 Å². The lowest BCUT2D eigenvalue weighted by atomic mass is 10.1. The van der Waals surface area contributed by atoms with Crippen LogP contribution in [0.25, 0.3) is 0 Å². The molecule has 1 aliphatic rings. The SMILES string of the molecule is CC1=NN(c2ccc(C)c(C)c2)C(=O)C1N=Nc1c(C)[nH]n(CC(=O)O)c1=O. The number of amides is 1. The third-order valence-electron chi connectivity index (χ3n) is 4.50. The molecule has 3 rings (SSSR count). The number of hydrogen-bond acceptors (Lipinski definition) is 6. The highest BCUT2D eigenvalue weighted by molar-refractivity contribution is 6.18.